The van der Waals surface area contributed by atoms with Crippen LogP contribution in [0.25, 0.3) is 11.5 Å². The van der Waals surface area contributed by atoms with Crippen molar-refractivity contribution in [2.24, 2.45) is 0 Å². The average molecular weight is 158 g/mol. The molecule has 59 valence electrons. The van der Waals surface area contributed by atoms with E-state index >= 15 is 0 Å². The van der Waals surface area contributed by atoms with E-state index in [0.29, 0.717) is 11.7 Å². The van der Waals surface area contributed by atoms with E-state index in [-0.39, 0.29) is 0 Å². The van der Waals surface area contributed by atoms with Crippen molar-refractivity contribution in [3.8, 4) is 11.5 Å². The van der Waals surface area contributed by atoms with E-state index < -0.39 is 0 Å². The second-order valence-electron chi connectivity index (χ2n) is 2.50. The summed E-state index contributed by atoms with van der Waals surface area (Å²) in [7, 11) is 0. The number of oxazole rings is 1. The first kappa shape index (κ1) is 7.10. The van der Waals surface area contributed by atoms with Gasteiger partial charge in [-0.1, -0.05) is 18.2 Å². The molecule has 1 heterocycles. The Hall–Kier alpha value is -1.57. The molecule has 0 unspecified atom stereocenters. The van der Waals surface area contributed by atoms with Gasteiger partial charge >= 0.3 is 0 Å². The Bertz CT molecular complexity index is 364. The van der Waals surface area contributed by atoms with Gasteiger partial charge in [0, 0.05) is 12.5 Å². The van der Waals surface area contributed by atoms with E-state index in [4.69, 9.17) is 4.42 Å². The van der Waals surface area contributed by atoms with Gasteiger partial charge in [0.15, 0.2) is 0 Å². The van der Waals surface area contributed by atoms with Crippen molar-refractivity contribution >= 4 is 0 Å². The molecule has 0 N–H and O–H groups in total. The molecular formula is C10H8NO. The van der Waals surface area contributed by atoms with Gasteiger partial charge in [-0.15, -0.1) is 0 Å². The van der Waals surface area contributed by atoms with Gasteiger partial charge in [-0.2, -0.15) is 0 Å². The van der Waals surface area contributed by atoms with Gasteiger partial charge < -0.3 is 4.42 Å². The summed E-state index contributed by atoms with van der Waals surface area (Å²) in [6, 6.07) is 9.75. The van der Waals surface area contributed by atoms with Gasteiger partial charge in [0.1, 0.15) is 5.76 Å². The lowest BCUT2D eigenvalue weighted by atomic mass is 10.2. The zero-order chi connectivity index (χ0) is 8.39. The first-order valence-electron chi connectivity index (χ1n) is 3.69. The van der Waals surface area contributed by atoms with Crippen LogP contribution in [-0.2, 0) is 0 Å². The molecule has 0 atom stereocenters. The van der Waals surface area contributed by atoms with Crippen LogP contribution in [0, 0.1) is 6.92 Å². The van der Waals surface area contributed by atoms with E-state index in [1.165, 1.54) is 0 Å². The van der Waals surface area contributed by atoms with Crippen molar-refractivity contribution in [1.82, 2.24) is 4.98 Å². The minimum atomic E-state index is 0.592. The van der Waals surface area contributed by atoms with Crippen LogP contribution in [-0.4, -0.2) is 4.98 Å². The number of hydrogen-bond donors (Lipinski definition) is 0. The lowest BCUT2D eigenvalue weighted by molar-refractivity contribution is 0.557. The molecule has 0 bridgehead atoms. The molecule has 1 aromatic heterocycles. The zero-order valence-corrected chi connectivity index (χ0v) is 6.53. The Labute approximate surface area is 70.9 Å². The maximum Gasteiger partial charge on any atom is 0.226 e. The molecule has 0 fully saturated rings. The lowest BCUT2D eigenvalue weighted by Gasteiger charge is -1.91. The van der Waals surface area contributed by atoms with Crippen molar-refractivity contribution in [1.29, 1.82) is 0 Å². The Morgan fingerprint density at radius 1 is 1.17 bits per heavy atom. The molecule has 0 aliphatic rings. The van der Waals surface area contributed by atoms with Crippen LogP contribution in [0.2, 0.25) is 0 Å². The molecular weight excluding hydrogens is 150 g/mol. The molecule has 2 nitrogen and oxygen atoms in total. The SMILES string of the molecule is [CH2]c1cnc(-c2ccccc2)o1. The lowest BCUT2D eigenvalue weighted by Crippen LogP contribution is -1.73. The van der Waals surface area contributed by atoms with Gasteiger partial charge in [0.25, 0.3) is 0 Å². The normalized spacial score (nSPS) is 10.1. The molecule has 2 rings (SSSR count). The van der Waals surface area contributed by atoms with Crippen LogP contribution < -0.4 is 0 Å². The van der Waals surface area contributed by atoms with Crippen LogP contribution in [0.4, 0.5) is 0 Å². The molecule has 2 heteroatoms. The van der Waals surface area contributed by atoms with E-state index in [2.05, 4.69) is 11.9 Å². The maximum atomic E-state index is 5.25. The maximum absolute atomic E-state index is 5.25. The summed E-state index contributed by atoms with van der Waals surface area (Å²) < 4.78 is 5.25. The fourth-order valence-corrected chi connectivity index (χ4v) is 1.02. The molecule has 1 aromatic carbocycles. The average Bonchev–Trinajstić information content (AvgIpc) is 2.54. The van der Waals surface area contributed by atoms with Crippen molar-refractivity contribution in [3.63, 3.8) is 0 Å². The summed E-state index contributed by atoms with van der Waals surface area (Å²) in [5.74, 6) is 1.22. The second-order valence-corrected chi connectivity index (χ2v) is 2.50. The van der Waals surface area contributed by atoms with E-state index in [1.807, 2.05) is 30.3 Å². The summed E-state index contributed by atoms with van der Waals surface area (Å²) in [6.07, 6.45) is 1.61. The van der Waals surface area contributed by atoms with Crippen LogP contribution in [0.1, 0.15) is 5.76 Å². The first-order valence-corrected chi connectivity index (χ1v) is 3.69. The van der Waals surface area contributed by atoms with Crippen molar-refractivity contribution in [2.45, 2.75) is 0 Å². The third-order valence-corrected chi connectivity index (χ3v) is 1.57. The van der Waals surface area contributed by atoms with Crippen LogP contribution >= 0.6 is 0 Å². The molecule has 12 heavy (non-hydrogen) atoms. The quantitative estimate of drug-likeness (QED) is 0.637. The number of benzene rings is 1. The molecule has 2 aromatic rings. The molecule has 0 amide bonds. The van der Waals surface area contributed by atoms with Gasteiger partial charge in [0.05, 0.1) is 6.20 Å². The largest absolute Gasteiger partial charge is 0.441 e. The molecule has 0 aliphatic heterocycles. The molecule has 0 spiro atoms. The zero-order valence-electron chi connectivity index (χ0n) is 6.53. The Balaban J connectivity index is 2.45. The van der Waals surface area contributed by atoms with Crippen molar-refractivity contribution in [2.75, 3.05) is 0 Å². The topological polar surface area (TPSA) is 26.0 Å². The van der Waals surface area contributed by atoms with Gasteiger partial charge in [-0.3, -0.25) is 0 Å². The minimum Gasteiger partial charge on any atom is -0.441 e. The highest BCUT2D eigenvalue weighted by molar-refractivity contribution is 5.52. The van der Waals surface area contributed by atoms with Crippen molar-refractivity contribution < 1.29 is 4.42 Å². The van der Waals surface area contributed by atoms with E-state index in [1.54, 1.807) is 6.20 Å². The predicted octanol–water partition coefficient (Wildman–Crippen LogP) is 2.52. The van der Waals surface area contributed by atoms with Crippen LogP contribution in [0.5, 0.6) is 0 Å². The highest BCUT2D eigenvalue weighted by atomic mass is 16.4. The minimum absolute atomic E-state index is 0.592. The Morgan fingerprint density at radius 2 is 1.92 bits per heavy atom. The summed E-state index contributed by atoms with van der Waals surface area (Å²) in [5, 5.41) is 0. The third-order valence-electron chi connectivity index (χ3n) is 1.57. The summed E-state index contributed by atoms with van der Waals surface area (Å²) in [6.45, 7) is 3.64. The number of rotatable bonds is 1. The summed E-state index contributed by atoms with van der Waals surface area (Å²) in [5.41, 5.74) is 0.979. The Kier molecular flexibility index (Phi) is 1.67. The monoisotopic (exact) mass is 158 g/mol. The van der Waals surface area contributed by atoms with Gasteiger partial charge in [-0.05, 0) is 12.1 Å². The molecule has 0 saturated carbocycles. The summed E-state index contributed by atoms with van der Waals surface area (Å²) >= 11 is 0. The van der Waals surface area contributed by atoms with Crippen LogP contribution in [0.3, 0.4) is 0 Å². The van der Waals surface area contributed by atoms with Gasteiger partial charge in [0.2, 0.25) is 5.89 Å². The predicted molar refractivity (Wildman–Crippen MR) is 46.4 cm³/mol. The smallest absolute Gasteiger partial charge is 0.226 e. The van der Waals surface area contributed by atoms with Crippen LogP contribution in [0.15, 0.2) is 40.9 Å². The highest BCUT2D eigenvalue weighted by Gasteiger charge is 2.01. The standard InChI is InChI=1S/C10H8NO/c1-8-7-11-10(12-8)9-5-3-2-4-6-9/h2-7H,1H2. The molecule has 1 radical (unpaired) electrons. The van der Waals surface area contributed by atoms with Gasteiger partial charge in [-0.25, -0.2) is 4.98 Å². The first-order chi connectivity index (χ1) is 5.86. The fraction of sp³-hybridized carbons (Fsp3) is 0. The molecule has 0 aliphatic carbocycles. The third kappa shape index (κ3) is 1.23. The van der Waals surface area contributed by atoms with E-state index in [0.717, 1.165) is 5.56 Å². The molecule has 0 saturated heterocycles. The highest BCUT2D eigenvalue weighted by Crippen LogP contribution is 2.17. The summed E-state index contributed by atoms with van der Waals surface area (Å²) in [4.78, 5) is 4.06. The number of hydrogen-bond acceptors (Lipinski definition) is 2. The van der Waals surface area contributed by atoms with Crippen molar-refractivity contribution in [3.05, 3.63) is 49.2 Å². The number of nitrogens with zero attached hydrogens (tertiary/aromatic N) is 1. The number of aromatic nitrogens is 1. The Morgan fingerprint density at radius 3 is 2.50 bits per heavy atom. The van der Waals surface area contributed by atoms with E-state index in [9.17, 15) is 0 Å². The second kappa shape index (κ2) is 2.81. The fourth-order valence-electron chi connectivity index (χ4n) is 1.02.